The van der Waals surface area contributed by atoms with Gasteiger partial charge in [0.25, 0.3) is 5.91 Å². The second kappa shape index (κ2) is 7.75. The van der Waals surface area contributed by atoms with Crippen LogP contribution in [0.1, 0.15) is 11.8 Å². The summed E-state index contributed by atoms with van der Waals surface area (Å²) < 4.78 is 5.76. The van der Waals surface area contributed by atoms with Crippen LogP contribution in [-0.4, -0.2) is 23.1 Å². The standard InChI is InChI=1S/C18H15N3O4S/c1-12(25-16-8-4-6-13-5-2-3-7-15(13)16)18(22)20-19-11-14-9-10-17(26-14)21(23)24/h2-12H,1H3,(H,20,22)/b19-11-/t12-/m1/s1. The highest BCUT2D eigenvalue weighted by atomic mass is 32.1. The van der Waals surface area contributed by atoms with Crippen LogP contribution in [0.4, 0.5) is 5.00 Å². The smallest absolute Gasteiger partial charge is 0.324 e. The van der Waals surface area contributed by atoms with Crippen molar-refractivity contribution < 1.29 is 14.5 Å². The summed E-state index contributed by atoms with van der Waals surface area (Å²) in [6.45, 7) is 1.63. The summed E-state index contributed by atoms with van der Waals surface area (Å²) in [4.78, 5) is 22.9. The summed E-state index contributed by atoms with van der Waals surface area (Å²) in [6.07, 6.45) is 0.607. The number of fused-ring (bicyclic) bond motifs is 1. The van der Waals surface area contributed by atoms with Gasteiger partial charge in [0.2, 0.25) is 0 Å². The first-order chi connectivity index (χ1) is 12.5. The number of ether oxygens (including phenoxy) is 1. The number of amides is 1. The third-order valence-electron chi connectivity index (χ3n) is 3.58. The van der Waals surface area contributed by atoms with E-state index in [1.165, 1.54) is 12.3 Å². The number of carbonyl (C=O) groups is 1. The Morgan fingerprint density at radius 1 is 1.23 bits per heavy atom. The fraction of sp³-hybridized carbons (Fsp3) is 0.111. The SMILES string of the molecule is C[C@@H](Oc1cccc2ccccc12)C(=O)N/N=C\c1ccc([N+](=O)[O-])s1. The number of rotatable bonds is 6. The van der Waals surface area contributed by atoms with E-state index in [1.807, 2.05) is 36.4 Å². The van der Waals surface area contributed by atoms with Crippen molar-refractivity contribution in [2.45, 2.75) is 13.0 Å². The third kappa shape index (κ3) is 4.04. The van der Waals surface area contributed by atoms with Gasteiger partial charge < -0.3 is 4.74 Å². The number of nitrogens with one attached hydrogen (secondary N) is 1. The van der Waals surface area contributed by atoms with E-state index in [2.05, 4.69) is 10.5 Å². The minimum atomic E-state index is -0.754. The summed E-state index contributed by atoms with van der Waals surface area (Å²) in [6, 6.07) is 16.3. The van der Waals surface area contributed by atoms with Gasteiger partial charge in [0, 0.05) is 11.5 Å². The van der Waals surface area contributed by atoms with Crippen LogP contribution in [0, 0.1) is 10.1 Å². The van der Waals surface area contributed by atoms with Gasteiger partial charge in [0.05, 0.1) is 16.0 Å². The lowest BCUT2D eigenvalue weighted by molar-refractivity contribution is -0.380. The third-order valence-corrected chi connectivity index (χ3v) is 4.55. The average molecular weight is 369 g/mol. The lowest BCUT2D eigenvalue weighted by atomic mass is 10.1. The van der Waals surface area contributed by atoms with Crippen molar-refractivity contribution in [2.24, 2.45) is 5.10 Å². The van der Waals surface area contributed by atoms with Crippen molar-refractivity contribution in [3.05, 3.63) is 69.6 Å². The van der Waals surface area contributed by atoms with Gasteiger partial charge in [-0.1, -0.05) is 47.7 Å². The molecule has 3 rings (SSSR count). The molecule has 8 heteroatoms. The van der Waals surface area contributed by atoms with E-state index in [1.54, 1.807) is 19.1 Å². The number of hydrogen-bond donors (Lipinski definition) is 1. The van der Waals surface area contributed by atoms with Gasteiger partial charge in [-0.25, -0.2) is 5.43 Å². The molecule has 0 spiro atoms. The molecule has 0 saturated heterocycles. The van der Waals surface area contributed by atoms with Crippen molar-refractivity contribution in [3.63, 3.8) is 0 Å². The van der Waals surface area contributed by atoms with Gasteiger partial charge in [-0.3, -0.25) is 14.9 Å². The Kier molecular flexibility index (Phi) is 5.23. The maximum atomic E-state index is 12.1. The first kappa shape index (κ1) is 17.6. The molecule has 1 atom stereocenters. The Hall–Kier alpha value is -3.26. The second-order valence-corrected chi connectivity index (χ2v) is 6.50. The molecule has 3 aromatic rings. The Morgan fingerprint density at radius 2 is 2.00 bits per heavy atom. The van der Waals surface area contributed by atoms with Gasteiger partial charge in [-0.15, -0.1) is 0 Å². The Balaban J connectivity index is 1.62. The van der Waals surface area contributed by atoms with Crippen LogP contribution in [0.2, 0.25) is 0 Å². The lowest BCUT2D eigenvalue weighted by Gasteiger charge is -2.14. The van der Waals surface area contributed by atoms with Crippen LogP contribution >= 0.6 is 11.3 Å². The Bertz CT molecular complexity index is 978. The average Bonchev–Trinajstić information content (AvgIpc) is 3.11. The number of nitrogens with zero attached hydrogens (tertiary/aromatic N) is 2. The van der Waals surface area contributed by atoms with Gasteiger partial charge in [-0.2, -0.15) is 5.10 Å². The first-order valence-corrected chi connectivity index (χ1v) is 8.58. The van der Waals surface area contributed by atoms with Crippen LogP contribution < -0.4 is 10.2 Å². The molecule has 1 N–H and O–H groups in total. The molecule has 0 aliphatic heterocycles. The first-order valence-electron chi connectivity index (χ1n) is 7.76. The highest BCUT2D eigenvalue weighted by Gasteiger charge is 2.15. The van der Waals surface area contributed by atoms with Crippen LogP contribution in [0.25, 0.3) is 10.8 Å². The van der Waals surface area contributed by atoms with E-state index < -0.39 is 16.9 Å². The van der Waals surface area contributed by atoms with Crippen LogP contribution in [0.15, 0.2) is 59.7 Å². The van der Waals surface area contributed by atoms with Gasteiger partial charge in [0.15, 0.2) is 6.10 Å². The molecule has 0 fully saturated rings. The molecular weight excluding hydrogens is 354 g/mol. The topological polar surface area (TPSA) is 93.8 Å². The van der Waals surface area contributed by atoms with Crippen LogP contribution in [0.3, 0.4) is 0 Å². The molecule has 0 aliphatic carbocycles. The minimum absolute atomic E-state index is 0.0189. The van der Waals surface area contributed by atoms with Gasteiger partial charge in [0.1, 0.15) is 5.75 Å². The minimum Gasteiger partial charge on any atom is -0.480 e. The molecule has 1 aromatic heterocycles. The Morgan fingerprint density at radius 3 is 2.77 bits per heavy atom. The number of hydrazone groups is 1. The maximum Gasteiger partial charge on any atom is 0.324 e. The fourth-order valence-electron chi connectivity index (χ4n) is 2.30. The van der Waals surface area contributed by atoms with E-state index in [-0.39, 0.29) is 5.00 Å². The zero-order valence-electron chi connectivity index (χ0n) is 13.8. The Labute approximate surface area is 153 Å². The highest BCUT2D eigenvalue weighted by Crippen LogP contribution is 2.26. The number of hydrogen-bond acceptors (Lipinski definition) is 6. The molecule has 0 aliphatic rings. The molecular formula is C18H15N3O4S. The van der Waals surface area contributed by atoms with Crippen molar-refractivity contribution >= 4 is 39.2 Å². The summed E-state index contributed by atoms with van der Waals surface area (Å²) in [7, 11) is 0. The predicted octanol–water partition coefficient (Wildman–Crippen LogP) is 3.73. The molecule has 1 heterocycles. The van der Waals surface area contributed by atoms with Crippen LogP contribution in [-0.2, 0) is 4.79 Å². The molecule has 0 saturated carbocycles. The van der Waals surface area contributed by atoms with Crippen LogP contribution in [0.5, 0.6) is 5.75 Å². The quantitative estimate of drug-likeness (QED) is 0.407. The number of nitro groups is 1. The summed E-state index contributed by atoms with van der Waals surface area (Å²) in [5.41, 5.74) is 2.38. The molecule has 26 heavy (non-hydrogen) atoms. The summed E-state index contributed by atoms with van der Waals surface area (Å²) in [5.74, 6) is 0.198. The number of thiophene rings is 1. The fourth-order valence-corrected chi connectivity index (χ4v) is 3.00. The highest BCUT2D eigenvalue weighted by molar-refractivity contribution is 7.16. The number of carbonyl (C=O) groups excluding carboxylic acids is 1. The predicted molar refractivity (Wildman–Crippen MR) is 101 cm³/mol. The van der Waals surface area contributed by atoms with Gasteiger partial charge in [-0.05, 0) is 24.4 Å². The zero-order valence-corrected chi connectivity index (χ0v) is 14.6. The molecule has 2 aromatic carbocycles. The number of benzene rings is 2. The van der Waals surface area contributed by atoms with Crippen molar-refractivity contribution in [1.82, 2.24) is 5.43 Å². The second-order valence-electron chi connectivity index (χ2n) is 5.40. The lowest BCUT2D eigenvalue weighted by Crippen LogP contribution is -2.33. The molecule has 0 bridgehead atoms. The largest absolute Gasteiger partial charge is 0.480 e. The molecule has 0 radical (unpaired) electrons. The monoisotopic (exact) mass is 369 g/mol. The van der Waals surface area contributed by atoms with Crippen molar-refractivity contribution in [3.8, 4) is 5.75 Å². The maximum absolute atomic E-state index is 12.1. The molecule has 1 amide bonds. The van der Waals surface area contributed by atoms with Crippen molar-refractivity contribution in [2.75, 3.05) is 0 Å². The molecule has 7 nitrogen and oxygen atoms in total. The van der Waals surface area contributed by atoms with E-state index in [4.69, 9.17) is 4.74 Å². The van der Waals surface area contributed by atoms with Crippen molar-refractivity contribution in [1.29, 1.82) is 0 Å². The van der Waals surface area contributed by atoms with E-state index in [0.717, 1.165) is 22.1 Å². The van der Waals surface area contributed by atoms with E-state index >= 15 is 0 Å². The van der Waals surface area contributed by atoms with Gasteiger partial charge >= 0.3 is 5.00 Å². The zero-order chi connectivity index (χ0) is 18.5. The molecule has 132 valence electrons. The summed E-state index contributed by atoms with van der Waals surface area (Å²) in [5, 5.41) is 16.4. The normalized spacial score (nSPS) is 12.2. The summed E-state index contributed by atoms with van der Waals surface area (Å²) >= 11 is 0.974. The molecule has 0 unspecified atom stereocenters. The van der Waals surface area contributed by atoms with E-state index in [9.17, 15) is 14.9 Å². The van der Waals surface area contributed by atoms with E-state index in [0.29, 0.717) is 10.6 Å².